The minimum Gasteiger partial charge on any atom is -0.508 e. The number of aliphatic hydroxyl groups is 3. The van der Waals surface area contributed by atoms with E-state index in [1.807, 2.05) is 0 Å². The van der Waals surface area contributed by atoms with E-state index >= 15 is 4.39 Å². The minimum atomic E-state index is -2.82. The van der Waals surface area contributed by atoms with Crippen molar-refractivity contribution < 1.29 is 48.4 Å². The maximum Gasteiger partial charge on any atom is 0.255 e. The number of nitrogens with two attached hydrogens (primary N) is 1. The summed E-state index contributed by atoms with van der Waals surface area (Å²) in [5, 5.41) is 47.0. The SMILES string of the molecule is CN(C)[C@@H]1C(=O)C(C(N)=O)=C(O)[C@@]2(O)C(=O)C3=C(O)c4c(O)c(NC(=O)CN5CC[C@@H](F)C5)cc(F)c4C[C@H]3C[C@@H]12.Cl.Cl. The van der Waals surface area contributed by atoms with Crippen LogP contribution < -0.4 is 11.1 Å². The Morgan fingerprint density at radius 2 is 1.86 bits per heavy atom. The largest absolute Gasteiger partial charge is 0.508 e. The van der Waals surface area contributed by atoms with Gasteiger partial charge in [0.1, 0.15) is 29.1 Å². The van der Waals surface area contributed by atoms with Crippen molar-refractivity contribution in [3.63, 3.8) is 0 Å². The van der Waals surface area contributed by atoms with Gasteiger partial charge < -0.3 is 31.5 Å². The molecule has 0 aromatic heterocycles. The van der Waals surface area contributed by atoms with Crippen molar-refractivity contribution in [2.24, 2.45) is 17.6 Å². The third-order valence-electron chi connectivity index (χ3n) is 8.52. The summed E-state index contributed by atoms with van der Waals surface area (Å²) < 4.78 is 28.8. The average molecular weight is 649 g/mol. The summed E-state index contributed by atoms with van der Waals surface area (Å²) in [7, 11) is 2.95. The summed E-state index contributed by atoms with van der Waals surface area (Å²) in [4.78, 5) is 54.4. The van der Waals surface area contributed by atoms with Crippen molar-refractivity contribution >= 4 is 59.6 Å². The number of nitrogens with zero attached hydrogens (tertiary/aromatic N) is 2. The Kier molecular flexibility index (Phi) is 9.54. The van der Waals surface area contributed by atoms with E-state index in [0.717, 1.165) is 6.07 Å². The number of Topliss-reactive ketones (excluding diaryl/α,β-unsaturated/α-hetero) is 2. The number of hydrogen-bond acceptors (Lipinski definition) is 10. The number of halogens is 4. The first kappa shape index (κ1) is 34.2. The number of hydrogen-bond donors (Lipinski definition) is 6. The summed E-state index contributed by atoms with van der Waals surface area (Å²) >= 11 is 0. The van der Waals surface area contributed by atoms with Crippen LogP contribution in [0.15, 0.2) is 23.0 Å². The molecule has 4 aliphatic rings. The quantitative estimate of drug-likeness (QED) is 0.197. The van der Waals surface area contributed by atoms with E-state index in [2.05, 4.69) is 5.32 Å². The second kappa shape index (κ2) is 12.0. The number of nitrogens with one attached hydrogen (secondary N) is 1. The second-order valence-electron chi connectivity index (χ2n) is 11.2. The fourth-order valence-corrected chi connectivity index (χ4v) is 6.68. The minimum absolute atomic E-state index is 0. The predicted octanol–water partition coefficient (Wildman–Crippen LogP) is 0.929. The van der Waals surface area contributed by atoms with Crippen LogP contribution in [-0.2, 0) is 25.6 Å². The van der Waals surface area contributed by atoms with Gasteiger partial charge >= 0.3 is 0 Å². The number of aliphatic hydroxyl groups excluding tert-OH is 2. The molecule has 1 saturated carbocycles. The molecule has 7 N–H and O–H groups in total. The number of carbonyl (C=O) groups is 4. The van der Waals surface area contributed by atoms with Crippen LogP contribution >= 0.6 is 24.8 Å². The highest BCUT2D eigenvalue weighted by Gasteiger charge is 2.64. The third-order valence-corrected chi connectivity index (χ3v) is 8.52. The number of benzene rings is 1. The first-order valence-electron chi connectivity index (χ1n) is 13.0. The molecule has 2 amide bonds. The van der Waals surface area contributed by atoms with E-state index in [-0.39, 0.29) is 62.7 Å². The van der Waals surface area contributed by atoms with Gasteiger partial charge in [-0.15, -0.1) is 24.8 Å². The zero-order valence-corrected chi connectivity index (χ0v) is 24.7. The van der Waals surface area contributed by atoms with Crippen molar-refractivity contribution in [2.45, 2.75) is 37.1 Å². The van der Waals surface area contributed by atoms with Gasteiger partial charge in [-0.05, 0) is 39.3 Å². The number of amides is 2. The Hall–Kier alpha value is -3.30. The van der Waals surface area contributed by atoms with E-state index in [1.165, 1.54) is 19.0 Å². The van der Waals surface area contributed by atoms with Crippen molar-refractivity contribution in [3.8, 4) is 5.75 Å². The molecular formula is C27H32Cl2F2N4O8. The van der Waals surface area contributed by atoms with Crippen LogP contribution in [0.25, 0.3) is 5.76 Å². The Morgan fingerprint density at radius 1 is 1.21 bits per heavy atom. The van der Waals surface area contributed by atoms with Gasteiger partial charge in [0, 0.05) is 36.2 Å². The fraction of sp³-hybridized carbons (Fsp3) is 0.481. The van der Waals surface area contributed by atoms with Crippen LogP contribution in [0.1, 0.15) is 24.0 Å². The molecule has 1 aromatic carbocycles. The zero-order chi connectivity index (χ0) is 30.1. The molecule has 1 aromatic rings. The van der Waals surface area contributed by atoms with Crippen LogP contribution in [0.2, 0.25) is 0 Å². The Balaban J connectivity index is 0.00000253. The van der Waals surface area contributed by atoms with E-state index in [9.17, 15) is 44.0 Å². The number of aromatic hydroxyl groups is 1. The average Bonchev–Trinajstić information content (AvgIpc) is 3.28. The molecule has 5 atom stereocenters. The summed E-state index contributed by atoms with van der Waals surface area (Å²) in [5.74, 6) is -10.1. The molecule has 1 aliphatic heterocycles. The molecule has 16 heteroatoms. The molecule has 1 saturated heterocycles. The van der Waals surface area contributed by atoms with Gasteiger partial charge in [-0.3, -0.25) is 29.0 Å². The summed E-state index contributed by atoms with van der Waals surface area (Å²) in [6.45, 7) is 0.176. The van der Waals surface area contributed by atoms with Crippen LogP contribution in [0, 0.1) is 17.7 Å². The highest BCUT2D eigenvalue weighted by molar-refractivity contribution is 6.24. The topological polar surface area (TPSA) is 194 Å². The van der Waals surface area contributed by atoms with E-state index in [1.54, 1.807) is 4.90 Å². The lowest BCUT2D eigenvalue weighted by Gasteiger charge is -2.50. The number of phenols is 1. The van der Waals surface area contributed by atoms with Gasteiger partial charge in [0.2, 0.25) is 11.7 Å². The monoisotopic (exact) mass is 648 g/mol. The summed E-state index contributed by atoms with van der Waals surface area (Å²) in [6, 6.07) is -0.389. The summed E-state index contributed by atoms with van der Waals surface area (Å²) in [5.41, 5.74) is 0.0428. The van der Waals surface area contributed by atoms with Gasteiger partial charge in [0.25, 0.3) is 5.91 Å². The molecule has 0 unspecified atom stereocenters. The lowest BCUT2D eigenvalue weighted by Crippen LogP contribution is -2.65. The van der Waals surface area contributed by atoms with Gasteiger partial charge in [-0.25, -0.2) is 8.78 Å². The molecule has 0 spiro atoms. The standard InChI is InChI=1S/C27H30F2N4O8.2ClH/c1-32(2)20-13-6-10-5-12-14(29)7-15(31-16(34)9-33-4-3-11(28)8-33)21(35)18(12)22(36)17(10)24(38)27(13,41)25(39)19(23(20)37)26(30)40;;/h7,10-11,13,20,35-36,39,41H,3-6,8-9H2,1-2H3,(H2,30,40)(H,31,34);2*1H/t10-,11+,13-,20-,27-;;/m0../s1. The molecule has 5 rings (SSSR count). The normalized spacial score (nSPS) is 28.5. The first-order valence-corrected chi connectivity index (χ1v) is 13.0. The summed E-state index contributed by atoms with van der Waals surface area (Å²) in [6.07, 6.45) is -1.21. The number of likely N-dealkylation sites (N-methyl/N-ethyl adjacent to an activating group) is 1. The van der Waals surface area contributed by atoms with Crippen LogP contribution in [0.3, 0.4) is 0 Å². The number of fused-ring (bicyclic) bond motifs is 3. The fourth-order valence-electron chi connectivity index (χ4n) is 6.68. The second-order valence-corrected chi connectivity index (χ2v) is 11.2. The van der Waals surface area contributed by atoms with Crippen LogP contribution in [0.5, 0.6) is 5.75 Å². The highest BCUT2D eigenvalue weighted by Crippen LogP contribution is 2.53. The molecule has 3 aliphatic carbocycles. The molecule has 12 nitrogen and oxygen atoms in total. The van der Waals surface area contributed by atoms with Crippen molar-refractivity contribution in [1.29, 1.82) is 0 Å². The van der Waals surface area contributed by atoms with E-state index < -0.39 is 98.5 Å². The highest BCUT2D eigenvalue weighted by atomic mass is 35.5. The smallest absolute Gasteiger partial charge is 0.255 e. The molecule has 2 fully saturated rings. The Labute approximate surface area is 257 Å². The molecule has 0 radical (unpaired) electrons. The first-order chi connectivity index (χ1) is 19.2. The number of phenolic OH excluding ortho intramolecular Hbond substituents is 1. The zero-order valence-electron chi connectivity index (χ0n) is 23.1. The molecule has 43 heavy (non-hydrogen) atoms. The number of anilines is 1. The Bertz CT molecular complexity index is 1470. The number of likely N-dealkylation sites (tertiary alicyclic amines) is 1. The number of carbonyl (C=O) groups excluding carboxylic acids is 4. The lowest BCUT2D eigenvalue weighted by atomic mass is 9.57. The number of ketones is 2. The van der Waals surface area contributed by atoms with Crippen molar-refractivity contribution in [1.82, 2.24) is 9.80 Å². The van der Waals surface area contributed by atoms with E-state index in [4.69, 9.17) is 5.73 Å². The predicted molar refractivity (Wildman–Crippen MR) is 153 cm³/mol. The lowest BCUT2D eigenvalue weighted by molar-refractivity contribution is -0.153. The Morgan fingerprint density at radius 3 is 2.42 bits per heavy atom. The van der Waals surface area contributed by atoms with Gasteiger partial charge in [-0.2, -0.15) is 0 Å². The third kappa shape index (κ3) is 5.24. The number of rotatable bonds is 5. The maximum atomic E-state index is 15.4. The van der Waals surface area contributed by atoms with Gasteiger partial charge in [-0.1, -0.05) is 0 Å². The molecule has 0 bridgehead atoms. The molecule has 1 heterocycles. The van der Waals surface area contributed by atoms with Gasteiger partial charge in [0.15, 0.2) is 17.1 Å². The molecule has 236 valence electrons. The number of alkyl halides is 1. The van der Waals surface area contributed by atoms with Gasteiger partial charge in [0.05, 0.1) is 23.8 Å². The van der Waals surface area contributed by atoms with E-state index in [0.29, 0.717) is 6.54 Å². The van der Waals surface area contributed by atoms with Crippen molar-refractivity contribution in [3.05, 3.63) is 39.9 Å². The van der Waals surface area contributed by atoms with Crippen LogP contribution in [-0.4, -0.2) is 105 Å². The maximum absolute atomic E-state index is 15.4. The number of primary amides is 1. The molecular weight excluding hydrogens is 617 g/mol. The van der Waals surface area contributed by atoms with Crippen molar-refractivity contribution in [2.75, 3.05) is 39.0 Å². The van der Waals surface area contributed by atoms with Crippen LogP contribution in [0.4, 0.5) is 14.5 Å².